The van der Waals surface area contributed by atoms with Crippen molar-refractivity contribution in [3.8, 4) is 17.1 Å². The van der Waals surface area contributed by atoms with Gasteiger partial charge in [-0.3, -0.25) is 14.3 Å². The molecule has 0 aliphatic carbocycles. The molecule has 0 unspecified atom stereocenters. The maximum absolute atomic E-state index is 12.5. The summed E-state index contributed by atoms with van der Waals surface area (Å²) < 4.78 is 1.85. The Labute approximate surface area is 181 Å². The highest BCUT2D eigenvalue weighted by Crippen LogP contribution is 2.31. The van der Waals surface area contributed by atoms with E-state index in [9.17, 15) is 4.79 Å². The van der Waals surface area contributed by atoms with Crippen molar-refractivity contribution >= 4 is 40.7 Å². The zero-order valence-electron chi connectivity index (χ0n) is 15.0. The van der Waals surface area contributed by atoms with E-state index in [4.69, 9.17) is 23.2 Å². The first-order chi connectivity index (χ1) is 14.1. The molecule has 2 aromatic heterocycles. The Morgan fingerprint density at radius 1 is 0.966 bits per heavy atom. The average Bonchev–Trinajstić information content (AvgIpc) is 3.19. The lowest BCUT2D eigenvalue weighted by molar-refractivity contribution is 0.102. The Balaban J connectivity index is 1.71. The van der Waals surface area contributed by atoms with Crippen LogP contribution in [0.5, 0.6) is 0 Å². The number of carbonyl (C=O) groups excluding carboxylic acids is 1. The van der Waals surface area contributed by atoms with Crippen molar-refractivity contribution in [1.29, 1.82) is 0 Å². The van der Waals surface area contributed by atoms with Crippen LogP contribution in [0.4, 0.5) is 0 Å². The molecule has 8 heteroatoms. The number of Topliss-reactive ketones (excluding diaryl/α,β-unsaturated/α-hetero) is 1. The number of pyridine rings is 1. The molecule has 4 aromatic rings. The number of aromatic nitrogens is 4. The highest BCUT2D eigenvalue weighted by molar-refractivity contribution is 7.99. The fourth-order valence-corrected chi connectivity index (χ4v) is 3.88. The molecule has 2 heterocycles. The van der Waals surface area contributed by atoms with Crippen molar-refractivity contribution < 1.29 is 4.79 Å². The van der Waals surface area contributed by atoms with Gasteiger partial charge >= 0.3 is 0 Å². The summed E-state index contributed by atoms with van der Waals surface area (Å²) >= 11 is 13.6. The van der Waals surface area contributed by atoms with Crippen molar-refractivity contribution in [2.24, 2.45) is 0 Å². The third kappa shape index (κ3) is 4.34. The Bertz CT molecular complexity index is 1150. The summed E-state index contributed by atoms with van der Waals surface area (Å²) in [5, 5.41) is 10.1. The second-order valence-corrected chi connectivity index (χ2v) is 7.82. The first kappa shape index (κ1) is 19.6. The van der Waals surface area contributed by atoms with Gasteiger partial charge in [-0.15, -0.1) is 10.2 Å². The van der Waals surface area contributed by atoms with Crippen LogP contribution < -0.4 is 0 Å². The third-order valence-electron chi connectivity index (χ3n) is 4.14. The number of halogens is 2. The highest BCUT2D eigenvalue weighted by Gasteiger charge is 2.18. The minimum absolute atomic E-state index is 0.0159. The predicted octanol–water partition coefficient (Wildman–Crippen LogP) is 5.61. The molecule has 5 nitrogen and oxygen atoms in total. The van der Waals surface area contributed by atoms with E-state index in [0.29, 0.717) is 26.6 Å². The molecular formula is C21H14Cl2N4OS. The Morgan fingerprint density at radius 3 is 2.52 bits per heavy atom. The van der Waals surface area contributed by atoms with Gasteiger partial charge in [0.1, 0.15) is 0 Å². The zero-order valence-corrected chi connectivity index (χ0v) is 17.3. The quantitative estimate of drug-likeness (QED) is 0.288. The molecule has 0 spiro atoms. The fourth-order valence-electron chi connectivity index (χ4n) is 2.74. The molecule has 0 saturated heterocycles. The minimum Gasteiger partial charge on any atom is -0.293 e. The molecule has 0 aliphatic heterocycles. The summed E-state index contributed by atoms with van der Waals surface area (Å²) in [4.78, 5) is 16.7. The fraction of sp³-hybridized carbons (Fsp3) is 0.0476. The van der Waals surface area contributed by atoms with Crippen LogP contribution >= 0.6 is 35.0 Å². The zero-order chi connectivity index (χ0) is 20.2. The molecule has 144 valence electrons. The van der Waals surface area contributed by atoms with Crippen LogP contribution in [0.15, 0.2) is 78.2 Å². The Hall–Kier alpha value is -2.67. The van der Waals surface area contributed by atoms with Crippen LogP contribution in [0.2, 0.25) is 10.0 Å². The molecule has 4 rings (SSSR count). The number of thioether (sulfide) groups is 1. The summed E-state index contributed by atoms with van der Waals surface area (Å²) in [5.74, 6) is 0.852. The van der Waals surface area contributed by atoms with Crippen molar-refractivity contribution in [1.82, 2.24) is 19.7 Å². The van der Waals surface area contributed by atoms with Crippen molar-refractivity contribution in [2.75, 3.05) is 5.75 Å². The number of hydrogen-bond donors (Lipinski definition) is 0. The van der Waals surface area contributed by atoms with Crippen LogP contribution in [-0.4, -0.2) is 31.3 Å². The van der Waals surface area contributed by atoms with E-state index in [0.717, 1.165) is 11.3 Å². The topological polar surface area (TPSA) is 60.7 Å². The van der Waals surface area contributed by atoms with Gasteiger partial charge in [0.05, 0.1) is 21.5 Å². The largest absolute Gasteiger partial charge is 0.293 e. The third-order valence-corrected chi connectivity index (χ3v) is 5.81. The molecule has 0 radical (unpaired) electrons. The van der Waals surface area contributed by atoms with E-state index >= 15 is 0 Å². The number of hydrogen-bond acceptors (Lipinski definition) is 5. The van der Waals surface area contributed by atoms with Crippen molar-refractivity contribution in [3.05, 3.63) is 88.7 Å². The molecule has 0 bridgehead atoms. The first-order valence-corrected chi connectivity index (χ1v) is 10.4. The summed E-state index contributed by atoms with van der Waals surface area (Å²) in [6.45, 7) is 0. The smallest absolute Gasteiger partial charge is 0.196 e. The molecule has 0 aliphatic rings. The maximum atomic E-state index is 12.5. The van der Waals surface area contributed by atoms with Crippen LogP contribution in [0.1, 0.15) is 10.4 Å². The van der Waals surface area contributed by atoms with E-state index in [1.54, 1.807) is 36.7 Å². The number of nitrogens with zero attached hydrogens (tertiary/aromatic N) is 4. The first-order valence-electron chi connectivity index (χ1n) is 8.66. The molecule has 2 aromatic carbocycles. The van der Waals surface area contributed by atoms with Crippen LogP contribution in [0.3, 0.4) is 0 Å². The Morgan fingerprint density at radius 2 is 1.79 bits per heavy atom. The van der Waals surface area contributed by atoms with Gasteiger partial charge in [0.2, 0.25) is 0 Å². The monoisotopic (exact) mass is 440 g/mol. The molecule has 0 fully saturated rings. The lowest BCUT2D eigenvalue weighted by Gasteiger charge is -2.11. The second-order valence-electron chi connectivity index (χ2n) is 6.06. The number of carbonyl (C=O) groups is 1. The number of benzene rings is 2. The maximum Gasteiger partial charge on any atom is 0.196 e. The molecule has 29 heavy (non-hydrogen) atoms. The van der Waals surface area contributed by atoms with E-state index < -0.39 is 0 Å². The number of rotatable bonds is 6. The Kier molecular flexibility index (Phi) is 5.94. The van der Waals surface area contributed by atoms with E-state index in [2.05, 4.69) is 15.2 Å². The van der Waals surface area contributed by atoms with E-state index in [1.807, 2.05) is 41.0 Å². The molecule has 0 saturated carbocycles. The second kappa shape index (κ2) is 8.78. The lowest BCUT2D eigenvalue weighted by atomic mass is 10.2. The summed E-state index contributed by atoms with van der Waals surface area (Å²) in [5.41, 5.74) is 2.21. The van der Waals surface area contributed by atoms with Crippen molar-refractivity contribution in [2.45, 2.75) is 5.16 Å². The average molecular weight is 441 g/mol. The van der Waals surface area contributed by atoms with Gasteiger partial charge in [-0.05, 0) is 30.3 Å². The van der Waals surface area contributed by atoms with Crippen LogP contribution in [-0.2, 0) is 0 Å². The summed E-state index contributed by atoms with van der Waals surface area (Å²) in [6, 6.07) is 18.2. The lowest BCUT2D eigenvalue weighted by Crippen LogP contribution is -2.05. The number of ketones is 1. The van der Waals surface area contributed by atoms with Gasteiger partial charge in [-0.2, -0.15) is 0 Å². The normalized spacial score (nSPS) is 10.8. The van der Waals surface area contributed by atoms with Crippen molar-refractivity contribution in [3.63, 3.8) is 0 Å². The van der Waals surface area contributed by atoms with Gasteiger partial charge in [-0.25, -0.2) is 0 Å². The van der Waals surface area contributed by atoms with Crippen LogP contribution in [0.25, 0.3) is 17.1 Å². The highest BCUT2D eigenvalue weighted by atomic mass is 35.5. The molecule has 0 amide bonds. The molecule has 0 atom stereocenters. The van der Waals surface area contributed by atoms with E-state index in [1.165, 1.54) is 11.8 Å². The van der Waals surface area contributed by atoms with Crippen LogP contribution in [0, 0.1) is 0 Å². The molecule has 0 N–H and O–H groups in total. The van der Waals surface area contributed by atoms with Gasteiger partial charge in [0.15, 0.2) is 16.8 Å². The van der Waals surface area contributed by atoms with Gasteiger partial charge < -0.3 is 0 Å². The van der Waals surface area contributed by atoms with Gasteiger partial charge in [0, 0.05) is 23.5 Å². The summed E-state index contributed by atoms with van der Waals surface area (Å²) in [6.07, 6.45) is 3.40. The SMILES string of the molecule is O=C(CSc1nnc(-c2cccnc2)n1-c1ccc(Cl)c(Cl)c1)c1ccccc1. The minimum atomic E-state index is 0.0159. The predicted molar refractivity (Wildman–Crippen MR) is 116 cm³/mol. The summed E-state index contributed by atoms with van der Waals surface area (Å²) in [7, 11) is 0. The van der Waals surface area contributed by atoms with E-state index in [-0.39, 0.29) is 11.5 Å². The molecular weight excluding hydrogens is 427 g/mol. The van der Waals surface area contributed by atoms with Gasteiger partial charge in [0.25, 0.3) is 0 Å². The van der Waals surface area contributed by atoms with Gasteiger partial charge in [-0.1, -0.05) is 65.3 Å². The standard InChI is InChI=1S/C21H14Cl2N4OS/c22-17-9-8-16(11-18(17)23)27-20(15-7-4-10-24-12-15)25-26-21(27)29-13-19(28)14-5-2-1-3-6-14/h1-12H,13H2.